The van der Waals surface area contributed by atoms with Crippen molar-refractivity contribution in [3.05, 3.63) is 64.7 Å². The highest BCUT2D eigenvalue weighted by Gasteiger charge is 2.56. The first-order valence-corrected chi connectivity index (χ1v) is 7.94. The van der Waals surface area contributed by atoms with Crippen LogP contribution < -0.4 is 4.90 Å². The Morgan fingerprint density at radius 2 is 2.00 bits per heavy atom. The lowest BCUT2D eigenvalue weighted by atomic mass is 9.87. The van der Waals surface area contributed by atoms with Crippen molar-refractivity contribution in [1.82, 2.24) is 0 Å². The number of hydrogen-bond acceptors (Lipinski definition) is 2. The molecule has 0 spiro atoms. The predicted molar refractivity (Wildman–Crippen MR) is 88.9 cm³/mol. The lowest BCUT2D eigenvalue weighted by Gasteiger charge is -2.27. The van der Waals surface area contributed by atoms with E-state index >= 15 is 0 Å². The van der Waals surface area contributed by atoms with Gasteiger partial charge in [-0.05, 0) is 18.2 Å². The summed E-state index contributed by atoms with van der Waals surface area (Å²) in [6.45, 7) is 1.88. The Bertz CT molecular complexity index is 786. The second kappa shape index (κ2) is 4.83. The molecule has 0 fully saturated rings. The van der Waals surface area contributed by atoms with E-state index in [4.69, 9.17) is 11.6 Å². The van der Waals surface area contributed by atoms with Gasteiger partial charge >= 0.3 is 0 Å². The summed E-state index contributed by atoms with van der Waals surface area (Å²) in [5, 5.41) is 12.4. The molecule has 1 N–H and O–H groups in total. The number of nitrogens with zero attached hydrogens (tertiary/aromatic N) is 2. The number of fused-ring (bicyclic) bond motifs is 3. The van der Waals surface area contributed by atoms with Gasteiger partial charge in [-0.3, -0.25) is 4.58 Å². The molecule has 0 aliphatic carbocycles. The molecule has 2 heterocycles. The molecular formula is C18H18ClN2O+. The summed E-state index contributed by atoms with van der Waals surface area (Å²) in [5.74, 6) is 0.933. The Balaban J connectivity index is 2.04. The quantitative estimate of drug-likeness (QED) is 0.820. The number of benzene rings is 2. The molecule has 4 heteroatoms. The number of rotatable bonds is 1. The van der Waals surface area contributed by atoms with Crippen LogP contribution in [-0.2, 0) is 5.60 Å². The highest BCUT2D eigenvalue weighted by Crippen LogP contribution is 2.45. The maximum absolute atomic E-state index is 11.7. The first-order valence-electron chi connectivity index (χ1n) is 7.56. The first kappa shape index (κ1) is 13.8. The van der Waals surface area contributed by atoms with Crippen LogP contribution in [-0.4, -0.2) is 35.7 Å². The molecule has 2 aliphatic rings. The van der Waals surface area contributed by atoms with E-state index in [0.29, 0.717) is 5.02 Å². The van der Waals surface area contributed by atoms with Crippen LogP contribution in [0.25, 0.3) is 0 Å². The summed E-state index contributed by atoms with van der Waals surface area (Å²) in [4.78, 5) is 2.24. The Kier molecular flexibility index (Phi) is 3.03. The van der Waals surface area contributed by atoms with Gasteiger partial charge in [-0.15, -0.1) is 0 Å². The van der Waals surface area contributed by atoms with Crippen LogP contribution in [0.3, 0.4) is 0 Å². The summed E-state index contributed by atoms with van der Waals surface area (Å²) in [6, 6.07) is 15.6. The maximum Gasteiger partial charge on any atom is 0.294 e. The van der Waals surface area contributed by atoms with Gasteiger partial charge in [-0.1, -0.05) is 41.9 Å². The molecule has 4 rings (SSSR count). The fraction of sp³-hybridized carbons (Fsp3) is 0.278. The molecule has 2 aromatic carbocycles. The van der Waals surface area contributed by atoms with Crippen LogP contribution in [0, 0.1) is 0 Å². The van der Waals surface area contributed by atoms with Crippen molar-refractivity contribution in [2.45, 2.75) is 12.0 Å². The van der Waals surface area contributed by atoms with Gasteiger partial charge < -0.3 is 5.11 Å². The van der Waals surface area contributed by atoms with Gasteiger partial charge in [0.1, 0.15) is 5.69 Å². The molecule has 22 heavy (non-hydrogen) atoms. The third-order valence-corrected chi connectivity index (χ3v) is 4.88. The molecule has 112 valence electrons. The molecule has 1 unspecified atom stereocenters. The molecule has 3 nitrogen and oxygen atoms in total. The van der Waals surface area contributed by atoms with Crippen molar-refractivity contribution in [2.24, 2.45) is 0 Å². The zero-order valence-corrected chi connectivity index (χ0v) is 13.2. The van der Waals surface area contributed by atoms with Crippen LogP contribution in [0.2, 0.25) is 5.02 Å². The average molecular weight is 314 g/mol. The molecule has 0 saturated carbocycles. The highest BCUT2D eigenvalue weighted by atomic mass is 35.5. The molecule has 0 saturated heterocycles. The van der Waals surface area contributed by atoms with Crippen LogP contribution in [0.15, 0.2) is 48.5 Å². The molecule has 0 radical (unpaired) electrons. The predicted octanol–water partition coefficient (Wildman–Crippen LogP) is 2.84. The normalized spacial score (nSPS) is 23.5. The van der Waals surface area contributed by atoms with Gasteiger partial charge in [0.15, 0.2) is 0 Å². The molecule has 2 aliphatic heterocycles. The zero-order chi connectivity index (χ0) is 15.3. The number of amidine groups is 1. The standard InChI is InChI=1S/C18H18ClN2O/c1-20-10-5-11-21-16-9-3-2-8-15(16)18(22,17(20)21)13-6-4-7-14(19)12-13/h2-4,6-9,12,22H,5,10-11H2,1H3/q+1. The molecular weight excluding hydrogens is 296 g/mol. The molecule has 0 bridgehead atoms. The monoisotopic (exact) mass is 313 g/mol. The maximum atomic E-state index is 11.7. The Hall–Kier alpha value is -1.84. The topological polar surface area (TPSA) is 26.5 Å². The number of para-hydroxylation sites is 1. The van der Waals surface area contributed by atoms with Crippen molar-refractivity contribution in [3.8, 4) is 0 Å². The fourth-order valence-electron chi connectivity index (χ4n) is 3.72. The molecule has 0 amide bonds. The first-order chi connectivity index (χ1) is 10.6. The van der Waals surface area contributed by atoms with E-state index in [1.807, 2.05) is 49.5 Å². The fourth-order valence-corrected chi connectivity index (χ4v) is 3.91. The van der Waals surface area contributed by atoms with Crippen LogP contribution in [0.4, 0.5) is 5.69 Å². The van der Waals surface area contributed by atoms with Gasteiger partial charge in [0.2, 0.25) is 5.60 Å². The van der Waals surface area contributed by atoms with Crippen LogP contribution in [0.1, 0.15) is 17.5 Å². The second-order valence-corrected chi connectivity index (χ2v) is 6.42. The van der Waals surface area contributed by atoms with E-state index in [-0.39, 0.29) is 0 Å². The third-order valence-electron chi connectivity index (χ3n) is 4.64. The summed E-state index contributed by atoms with van der Waals surface area (Å²) < 4.78 is 2.16. The van der Waals surface area contributed by atoms with Crippen molar-refractivity contribution in [2.75, 3.05) is 25.0 Å². The van der Waals surface area contributed by atoms with E-state index in [9.17, 15) is 5.11 Å². The molecule has 0 aromatic heterocycles. The van der Waals surface area contributed by atoms with Gasteiger partial charge in [-0.25, -0.2) is 4.90 Å². The summed E-state index contributed by atoms with van der Waals surface area (Å²) in [7, 11) is 2.04. The SMILES string of the molecule is C[N+]1=C2N(CCC1)c1ccccc1C2(O)c1cccc(Cl)c1. The largest absolute Gasteiger partial charge is 0.370 e. The van der Waals surface area contributed by atoms with Gasteiger partial charge in [0.05, 0.1) is 20.1 Å². The minimum atomic E-state index is -1.14. The number of hydrogen-bond donors (Lipinski definition) is 1. The Morgan fingerprint density at radius 3 is 2.82 bits per heavy atom. The summed E-state index contributed by atoms with van der Waals surface area (Å²) in [6.07, 6.45) is 1.08. The minimum absolute atomic E-state index is 0.640. The summed E-state index contributed by atoms with van der Waals surface area (Å²) in [5.41, 5.74) is 1.70. The smallest absolute Gasteiger partial charge is 0.294 e. The lowest BCUT2D eigenvalue weighted by molar-refractivity contribution is -0.505. The van der Waals surface area contributed by atoms with Crippen molar-refractivity contribution in [3.63, 3.8) is 0 Å². The van der Waals surface area contributed by atoms with Gasteiger partial charge in [-0.2, -0.15) is 0 Å². The van der Waals surface area contributed by atoms with Crippen molar-refractivity contribution in [1.29, 1.82) is 0 Å². The lowest BCUT2D eigenvalue weighted by Crippen LogP contribution is -2.50. The highest BCUT2D eigenvalue weighted by molar-refractivity contribution is 6.30. The van der Waals surface area contributed by atoms with E-state index in [2.05, 4.69) is 15.5 Å². The molecule has 1 atom stereocenters. The van der Waals surface area contributed by atoms with Crippen LogP contribution in [0.5, 0.6) is 0 Å². The van der Waals surface area contributed by atoms with E-state index in [1.54, 1.807) is 0 Å². The van der Waals surface area contributed by atoms with Gasteiger partial charge in [0.25, 0.3) is 5.84 Å². The number of aliphatic hydroxyl groups is 1. The van der Waals surface area contributed by atoms with E-state index < -0.39 is 5.60 Å². The Morgan fingerprint density at radius 1 is 1.18 bits per heavy atom. The molecule has 2 aromatic rings. The van der Waals surface area contributed by atoms with E-state index in [0.717, 1.165) is 42.2 Å². The third kappa shape index (κ3) is 1.76. The van der Waals surface area contributed by atoms with Crippen molar-refractivity contribution < 1.29 is 9.68 Å². The average Bonchev–Trinajstić information content (AvgIpc) is 2.80. The Labute approximate surface area is 135 Å². The van der Waals surface area contributed by atoms with Crippen molar-refractivity contribution >= 4 is 23.1 Å². The van der Waals surface area contributed by atoms with E-state index in [1.165, 1.54) is 0 Å². The minimum Gasteiger partial charge on any atom is -0.370 e. The second-order valence-electron chi connectivity index (χ2n) is 5.99. The van der Waals surface area contributed by atoms with Gasteiger partial charge in [0, 0.05) is 22.6 Å². The zero-order valence-electron chi connectivity index (χ0n) is 12.5. The summed E-state index contributed by atoms with van der Waals surface area (Å²) >= 11 is 6.18. The van der Waals surface area contributed by atoms with Crippen LogP contribution >= 0.6 is 11.6 Å². The number of anilines is 1. The number of halogens is 1.